The van der Waals surface area contributed by atoms with E-state index in [2.05, 4.69) is 33.2 Å². The number of hydrogen-bond donors (Lipinski definition) is 1. The molecule has 0 spiro atoms. The van der Waals surface area contributed by atoms with Crippen LogP contribution in [0.5, 0.6) is 0 Å². The smallest absolute Gasteiger partial charge is 0.196 e. The van der Waals surface area contributed by atoms with Gasteiger partial charge in [0.05, 0.1) is 6.20 Å². The summed E-state index contributed by atoms with van der Waals surface area (Å²) in [6, 6.07) is 8.04. The maximum absolute atomic E-state index is 5.72. The van der Waals surface area contributed by atoms with Crippen molar-refractivity contribution in [1.29, 1.82) is 0 Å². The van der Waals surface area contributed by atoms with Crippen LogP contribution < -0.4 is 5.32 Å². The van der Waals surface area contributed by atoms with Gasteiger partial charge in [0.1, 0.15) is 0 Å². The molecule has 0 aliphatic heterocycles. The Labute approximate surface area is 116 Å². The predicted molar refractivity (Wildman–Crippen MR) is 76.5 cm³/mol. The summed E-state index contributed by atoms with van der Waals surface area (Å²) >= 11 is 3.42. The first-order chi connectivity index (χ1) is 8.79. The van der Waals surface area contributed by atoms with Crippen LogP contribution in [0.4, 0.5) is 0 Å². The first-order valence-electron chi connectivity index (χ1n) is 6.21. The van der Waals surface area contributed by atoms with Crippen molar-refractivity contribution in [3.63, 3.8) is 0 Å². The van der Waals surface area contributed by atoms with E-state index in [1.165, 1.54) is 0 Å². The Morgan fingerprint density at radius 3 is 2.72 bits per heavy atom. The van der Waals surface area contributed by atoms with Gasteiger partial charge in [-0.2, -0.15) is 0 Å². The Hall–Kier alpha value is -1.13. The molecule has 96 valence electrons. The summed E-state index contributed by atoms with van der Waals surface area (Å²) in [5.41, 5.74) is 1.05. The van der Waals surface area contributed by atoms with Crippen molar-refractivity contribution in [2.45, 2.75) is 19.8 Å². The first kappa shape index (κ1) is 13.3. The molecule has 0 saturated heterocycles. The van der Waals surface area contributed by atoms with Gasteiger partial charge in [0.25, 0.3) is 0 Å². The van der Waals surface area contributed by atoms with Crippen LogP contribution in [0.2, 0.25) is 0 Å². The SMILES string of the molecule is CCCNCCc1ncc(-c2ccc(Br)cc2)o1. The Balaban J connectivity index is 1.95. The fourth-order valence-electron chi connectivity index (χ4n) is 1.67. The average molecular weight is 309 g/mol. The number of nitrogens with one attached hydrogen (secondary N) is 1. The van der Waals surface area contributed by atoms with E-state index in [-0.39, 0.29) is 0 Å². The van der Waals surface area contributed by atoms with E-state index >= 15 is 0 Å². The minimum Gasteiger partial charge on any atom is -0.441 e. The van der Waals surface area contributed by atoms with Gasteiger partial charge in [-0.05, 0) is 25.1 Å². The van der Waals surface area contributed by atoms with E-state index in [0.717, 1.165) is 47.6 Å². The van der Waals surface area contributed by atoms with Crippen molar-refractivity contribution in [3.8, 4) is 11.3 Å². The molecule has 0 bridgehead atoms. The molecule has 3 nitrogen and oxygen atoms in total. The lowest BCUT2D eigenvalue weighted by atomic mass is 10.2. The normalized spacial score (nSPS) is 10.8. The predicted octanol–water partition coefficient (Wildman–Crippen LogP) is 3.65. The molecule has 0 radical (unpaired) electrons. The quantitative estimate of drug-likeness (QED) is 0.828. The van der Waals surface area contributed by atoms with Gasteiger partial charge in [-0.25, -0.2) is 4.98 Å². The minimum absolute atomic E-state index is 0.788. The van der Waals surface area contributed by atoms with Crippen LogP contribution in [0, 0.1) is 0 Å². The molecule has 1 heterocycles. The van der Waals surface area contributed by atoms with Crippen molar-refractivity contribution in [2.75, 3.05) is 13.1 Å². The Morgan fingerprint density at radius 1 is 1.22 bits per heavy atom. The molecule has 0 amide bonds. The lowest BCUT2D eigenvalue weighted by molar-refractivity contribution is 0.495. The number of benzene rings is 1. The van der Waals surface area contributed by atoms with Crippen molar-refractivity contribution < 1.29 is 4.42 Å². The standard InChI is InChI=1S/C14H17BrN2O/c1-2-8-16-9-7-14-17-10-13(18-14)11-3-5-12(15)6-4-11/h3-6,10,16H,2,7-9H2,1H3. The highest BCUT2D eigenvalue weighted by molar-refractivity contribution is 9.10. The zero-order valence-corrected chi connectivity index (χ0v) is 12.0. The fraction of sp³-hybridized carbons (Fsp3) is 0.357. The fourth-order valence-corrected chi connectivity index (χ4v) is 1.93. The van der Waals surface area contributed by atoms with Gasteiger partial charge in [-0.1, -0.05) is 35.0 Å². The van der Waals surface area contributed by atoms with Crippen molar-refractivity contribution in [2.24, 2.45) is 0 Å². The second kappa shape index (κ2) is 6.71. The van der Waals surface area contributed by atoms with Crippen LogP contribution in [0.3, 0.4) is 0 Å². The topological polar surface area (TPSA) is 38.1 Å². The van der Waals surface area contributed by atoms with Gasteiger partial charge in [0.2, 0.25) is 0 Å². The largest absolute Gasteiger partial charge is 0.441 e. The summed E-state index contributed by atoms with van der Waals surface area (Å²) in [4.78, 5) is 4.29. The summed E-state index contributed by atoms with van der Waals surface area (Å²) in [7, 11) is 0. The lowest BCUT2D eigenvalue weighted by Crippen LogP contribution is -2.17. The van der Waals surface area contributed by atoms with E-state index in [1.807, 2.05) is 24.3 Å². The van der Waals surface area contributed by atoms with Gasteiger partial charge >= 0.3 is 0 Å². The second-order valence-corrected chi connectivity index (χ2v) is 5.04. The molecule has 0 fully saturated rings. The minimum atomic E-state index is 0.788. The third-order valence-corrected chi connectivity index (χ3v) is 3.15. The number of hydrogen-bond acceptors (Lipinski definition) is 3. The zero-order valence-electron chi connectivity index (χ0n) is 10.4. The van der Waals surface area contributed by atoms with Crippen molar-refractivity contribution >= 4 is 15.9 Å². The first-order valence-corrected chi connectivity index (χ1v) is 7.00. The monoisotopic (exact) mass is 308 g/mol. The highest BCUT2D eigenvalue weighted by Crippen LogP contribution is 2.22. The molecule has 0 unspecified atom stereocenters. The number of halogens is 1. The summed E-state index contributed by atoms with van der Waals surface area (Å²) < 4.78 is 6.79. The third-order valence-electron chi connectivity index (χ3n) is 2.62. The maximum Gasteiger partial charge on any atom is 0.196 e. The average Bonchev–Trinajstić information content (AvgIpc) is 2.84. The highest BCUT2D eigenvalue weighted by Gasteiger charge is 2.05. The molecule has 4 heteroatoms. The molecule has 0 aliphatic carbocycles. The summed E-state index contributed by atoms with van der Waals surface area (Å²) in [5.74, 6) is 1.62. The molecule has 18 heavy (non-hydrogen) atoms. The summed E-state index contributed by atoms with van der Waals surface area (Å²) in [6.45, 7) is 4.11. The Kier molecular flexibility index (Phi) is 4.96. The van der Waals surface area contributed by atoms with E-state index in [9.17, 15) is 0 Å². The van der Waals surface area contributed by atoms with Gasteiger partial charge in [-0.3, -0.25) is 0 Å². The van der Waals surface area contributed by atoms with Crippen LogP contribution in [-0.2, 0) is 6.42 Å². The van der Waals surface area contributed by atoms with E-state index in [0.29, 0.717) is 0 Å². The molecule has 1 N–H and O–H groups in total. The number of rotatable bonds is 6. The molecule has 0 atom stereocenters. The lowest BCUT2D eigenvalue weighted by Gasteiger charge is -1.99. The van der Waals surface area contributed by atoms with Crippen LogP contribution in [0.15, 0.2) is 39.4 Å². The van der Waals surface area contributed by atoms with Gasteiger partial charge in [-0.15, -0.1) is 0 Å². The van der Waals surface area contributed by atoms with Gasteiger partial charge in [0, 0.05) is 23.0 Å². The van der Waals surface area contributed by atoms with Crippen LogP contribution in [0.1, 0.15) is 19.2 Å². The van der Waals surface area contributed by atoms with Crippen molar-refractivity contribution in [1.82, 2.24) is 10.3 Å². The van der Waals surface area contributed by atoms with Crippen LogP contribution >= 0.6 is 15.9 Å². The van der Waals surface area contributed by atoms with E-state index in [1.54, 1.807) is 6.20 Å². The van der Waals surface area contributed by atoms with Crippen LogP contribution in [0.25, 0.3) is 11.3 Å². The highest BCUT2D eigenvalue weighted by atomic mass is 79.9. The van der Waals surface area contributed by atoms with Crippen LogP contribution in [-0.4, -0.2) is 18.1 Å². The Bertz CT molecular complexity index is 479. The van der Waals surface area contributed by atoms with E-state index in [4.69, 9.17) is 4.42 Å². The molecule has 1 aromatic carbocycles. The van der Waals surface area contributed by atoms with Gasteiger partial charge < -0.3 is 9.73 Å². The number of oxazole rings is 1. The molecule has 2 rings (SSSR count). The third kappa shape index (κ3) is 3.68. The number of nitrogens with zero attached hydrogens (tertiary/aromatic N) is 1. The Morgan fingerprint density at radius 2 is 2.00 bits per heavy atom. The zero-order chi connectivity index (χ0) is 12.8. The molecule has 2 aromatic rings. The summed E-state index contributed by atoms with van der Waals surface area (Å²) in [5, 5.41) is 3.33. The molecule has 1 aromatic heterocycles. The molecular formula is C14H17BrN2O. The van der Waals surface area contributed by atoms with Crippen molar-refractivity contribution in [3.05, 3.63) is 40.8 Å². The molecule has 0 aliphatic rings. The van der Waals surface area contributed by atoms with E-state index < -0.39 is 0 Å². The van der Waals surface area contributed by atoms with Gasteiger partial charge in [0.15, 0.2) is 11.7 Å². The maximum atomic E-state index is 5.72. The second-order valence-electron chi connectivity index (χ2n) is 4.13. The molecule has 0 saturated carbocycles. The molecular weight excluding hydrogens is 292 g/mol. The summed E-state index contributed by atoms with van der Waals surface area (Å²) in [6.07, 6.45) is 3.77. The number of aromatic nitrogens is 1.